The van der Waals surface area contributed by atoms with E-state index >= 15 is 0 Å². The predicted octanol–water partition coefficient (Wildman–Crippen LogP) is 4.29. The van der Waals surface area contributed by atoms with Crippen LogP contribution in [0.1, 0.15) is 30.2 Å². The molecule has 4 aromatic rings. The summed E-state index contributed by atoms with van der Waals surface area (Å²) < 4.78 is 18.1. The first-order chi connectivity index (χ1) is 17.2. The van der Waals surface area contributed by atoms with Gasteiger partial charge in [0.05, 0.1) is 16.2 Å². The predicted molar refractivity (Wildman–Crippen MR) is 132 cm³/mol. The number of hydrogen-bond donors (Lipinski definition) is 0. The van der Waals surface area contributed by atoms with Crippen molar-refractivity contribution in [3.8, 4) is 22.8 Å². The first kappa shape index (κ1) is 21.9. The Labute approximate surface area is 205 Å². The Morgan fingerprint density at radius 1 is 1.06 bits per heavy atom. The number of para-hydroxylation sites is 2. The van der Waals surface area contributed by atoms with Crippen molar-refractivity contribution in [1.82, 2.24) is 14.5 Å². The van der Waals surface area contributed by atoms with Gasteiger partial charge in [-0.05, 0) is 43.2 Å². The van der Waals surface area contributed by atoms with Crippen molar-refractivity contribution in [2.75, 3.05) is 26.3 Å². The summed E-state index contributed by atoms with van der Waals surface area (Å²) in [7, 11) is 0. The zero-order valence-corrected chi connectivity index (χ0v) is 20.0. The SMILES string of the molecule is O=C(CCn1c(=O)oc2ccccc21)N1CCC(c2nc(-c3ccc4c(c3)OCCO4)cs2)CC1. The summed E-state index contributed by atoms with van der Waals surface area (Å²) in [4.78, 5) is 31.8. The smallest absolute Gasteiger partial charge is 0.419 e. The molecular weight excluding hydrogens is 466 g/mol. The highest BCUT2D eigenvalue weighted by molar-refractivity contribution is 7.10. The lowest BCUT2D eigenvalue weighted by Gasteiger charge is -2.31. The van der Waals surface area contributed by atoms with Crippen molar-refractivity contribution in [2.24, 2.45) is 0 Å². The molecule has 0 aliphatic carbocycles. The number of amides is 1. The number of hydrogen-bond acceptors (Lipinski definition) is 7. The summed E-state index contributed by atoms with van der Waals surface area (Å²) >= 11 is 1.67. The van der Waals surface area contributed by atoms with Gasteiger partial charge >= 0.3 is 5.76 Å². The van der Waals surface area contributed by atoms with Gasteiger partial charge in [-0.3, -0.25) is 9.36 Å². The number of likely N-dealkylation sites (tertiary alicyclic amines) is 1. The lowest BCUT2D eigenvalue weighted by molar-refractivity contribution is -0.132. The molecule has 180 valence electrons. The van der Waals surface area contributed by atoms with Crippen LogP contribution in [0.5, 0.6) is 11.5 Å². The monoisotopic (exact) mass is 491 g/mol. The molecular formula is C26H25N3O5S. The molecule has 35 heavy (non-hydrogen) atoms. The fraction of sp³-hybridized carbons (Fsp3) is 0.346. The second kappa shape index (κ2) is 9.22. The van der Waals surface area contributed by atoms with Crippen molar-refractivity contribution in [3.63, 3.8) is 0 Å². The number of carbonyl (C=O) groups is 1. The highest BCUT2D eigenvalue weighted by Gasteiger charge is 2.26. The molecule has 0 saturated carbocycles. The lowest BCUT2D eigenvalue weighted by Crippen LogP contribution is -2.38. The van der Waals surface area contributed by atoms with Gasteiger partial charge in [0.2, 0.25) is 5.91 Å². The van der Waals surface area contributed by atoms with E-state index in [1.807, 2.05) is 41.3 Å². The average Bonchev–Trinajstić information content (AvgIpc) is 3.51. The van der Waals surface area contributed by atoms with Crippen LogP contribution in [-0.2, 0) is 11.3 Å². The highest BCUT2D eigenvalue weighted by Crippen LogP contribution is 2.37. The molecule has 2 aromatic heterocycles. The molecule has 1 fully saturated rings. The molecule has 1 amide bonds. The number of nitrogens with zero attached hydrogens (tertiary/aromatic N) is 3. The molecule has 6 rings (SSSR count). The zero-order chi connectivity index (χ0) is 23.8. The molecule has 1 saturated heterocycles. The molecule has 0 N–H and O–H groups in total. The van der Waals surface area contributed by atoms with Crippen molar-refractivity contribution < 1.29 is 18.7 Å². The summed E-state index contributed by atoms with van der Waals surface area (Å²) in [5.74, 6) is 1.53. The van der Waals surface area contributed by atoms with Crippen molar-refractivity contribution in [1.29, 1.82) is 0 Å². The lowest BCUT2D eigenvalue weighted by atomic mass is 9.97. The quantitative estimate of drug-likeness (QED) is 0.414. The Morgan fingerprint density at radius 3 is 2.71 bits per heavy atom. The molecule has 8 nitrogen and oxygen atoms in total. The molecule has 0 unspecified atom stereocenters. The van der Waals surface area contributed by atoms with Crippen LogP contribution in [0.25, 0.3) is 22.4 Å². The molecule has 9 heteroatoms. The van der Waals surface area contributed by atoms with E-state index in [0.717, 1.165) is 46.1 Å². The van der Waals surface area contributed by atoms with Gasteiger partial charge in [0, 0.05) is 42.9 Å². The van der Waals surface area contributed by atoms with E-state index in [9.17, 15) is 9.59 Å². The number of ether oxygens (including phenoxy) is 2. The number of aromatic nitrogens is 2. The number of aryl methyl sites for hydroxylation is 1. The Bertz CT molecular complexity index is 1430. The summed E-state index contributed by atoms with van der Waals surface area (Å²) in [6, 6.07) is 13.2. The van der Waals surface area contributed by atoms with Gasteiger partial charge in [-0.2, -0.15) is 0 Å². The largest absolute Gasteiger partial charge is 0.486 e. The second-order valence-electron chi connectivity index (χ2n) is 8.82. The van der Waals surface area contributed by atoms with E-state index in [1.165, 1.54) is 4.57 Å². The third-order valence-corrected chi connectivity index (χ3v) is 7.69. The minimum atomic E-state index is -0.421. The van der Waals surface area contributed by atoms with E-state index in [0.29, 0.717) is 44.3 Å². The summed E-state index contributed by atoms with van der Waals surface area (Å²) in [6.07, 6.45) is 2.04. The number of oxazole rings is 1. The van der Waals surface area contributed by atoms with Gasteiger partial charge in [0.25, 0.3) is 0 Å². The van der Waals surface area contributed by atoms with E-state index in [1.54, 1.807) is 17.4 Å². The molecule has 2 aliphatic heterocycles. The van der Waals surface area contributed by atoms with E-state index in [4.69, 9.17) is 18.9 Å². The molecule has 0 bridgehead atoms. The summed E-state index contributed by atoms with van der Waals surface area (Å²) in [5, 5.41) is 3.20. The van der Waals surface area contributed by atoms with E-state index in [2.05, 4.69) is 5.38 Å². The van der Waals surface area contributed by atoms with Gasteiger partial charge in [0.15, 0.2) is 17.1 Å². The van der Waals surface area contributed by atoms with Crippen LogP contribution in [0.15, 0.2) is 57.1 Å². The molecule has 0 atom stereocenters. The van der Waals surface area contributed by atoms with Gasteiger partial charge in [-0.25, -0.2) is 9.78 Å². The van der Waals surface area contributed by atoms with E-state index < -0.39 is 5.76 Å². The Hall–Kier alpha value is -3.59. The van der Waals surface area contributed by atoms with Gasteiger partial charge in [0.1, 0.15) is 13.2 Å². The normalized spacial score (nSPS) is 16.1. The van der Waals surface area contributed by atoms with Crippen LogP contribution in [0.3, 0.4) is 0 Å². The minimum absolute atomic E-state index is 0.0664. The number of benzene rings is 2. The highest BCUT2D eigenvalue weighted by atomic mass is 32.1. The average molecular weight is 492 g/mol. The summed E-state index contributed by atoms with van der Waals surface area (Å²) in [6.45, 7) is 2.85. The zero-order valence-electron chi connectivity index (χ0n) is 19.1. The number of rotatable bonds is 5. The standard InChI is InChI=1S/C26H25N3O5S/c30-24(9-12-29-20-3-1-2-4-21(20)34-26(29)31)28-10-7-17(8-11-28)25-27-19(16-35-25)18-5-6-22-23(15-18)33-14-13-32-22/h1-6,15-17H,7-14H2. The maximum Gasteiger partial charge on any atom is 0.419 e. The first-order valence-corrected chi connectivity index (χ1v) is 12.8. The van der Waals surface area contributed by atoms with Crippen molar-refractivity contribution in [3.05, 3.63) is 63.4 Å². The van der Waals surface area contributed by atoms with Gasteiger partial charge < -0.3 is 18.8 Å². The van der Waals surface area contributed by atoms with Crippen LogP contribution in [0, 0.1) is 0 Å². The van der Waals surface area contributed by atoms with Crippen LogP contribution in [-0.4, -0.2) is 46.7 Å². The third-order valence-electron chi connectivity index (χ3n) is 6.68. The third kappa shape index (κ3) is 4.32. The molecule has 0 radical (unpaired) electrons. The van der Waals surface area contributed by atoms with Gasteiger partial charge in [-0.1, -0.05) is 12.1 Å². The maximum atomic E-state index is 12.8. The van der Waals surface area contributed by atoms with Crippen LogP contribution in [0.4, 0.5) is 0 Å². The molecule has 4 heterocycles. The maximum absolute atomic E-state index is 12.8. The minimum Gasteiger partial charge on any atom is -0.486 e. The fourth-order valence-corrected chi connectivity index (χ4v) is 5.78. The van der Waals surface area contributed by atoms with Crippen LogP contribution >= 0.6 is 11.3 Å². The van der Waals surface area contributed by atoms with Crippen molar-refractivity contribution >= 4 is 28.3 Å². The number of thiazole rings is 1. The van der Waals surface area contributed by atoms with Crippen LogP contribution < -0.4 is 15.2 Å². The Balaban J connectivity index is 1.06. The molecule has 2 aliphatic rings. The van der Waals surface area contributed by atoms with Crippen molar-refractivity contribution in [2.45, 2.75) is 31.7 Å². The molecule has 2 aromatic carbocycles. The van der Waals surface area contributed by atoms with Crippen LogP contribution in [0.2, 0.25) is 0 Å². The summed E-state index contributed by atoms with van der Waals surface area (Å²) in [5.41, 5.74) is 3.23. The molecule has 0 spiro atoms. The first-order valence-electron chi connectivity index (χ1n) is 11.9. The van der Waals surface area contributed by atoms with E-state index in [-0.39, 0.29) is 12.3 Å². The second-order valence-corrected chi connectivity index (χ2v) is 9.71. The Morgan fingerprint density at radius 2 is 1.86 bits per heavy atom. The topological polar surface area (TPSA) is 86.8 Å². The fourth-order valence-electron chi connectivity index (χ4n) is 4.78. The van der Waals surface area contributed by atoms with Gasteiger partial charge in [-0.15, -0.1) is 11.3 Å². The number of fused-ring (bicyclic) bond motifs is 2. The number of carbonyl (C=O) groups excluding carboxylic acids is 1. The Kier molecular flexibility index (Phi) is 5.77. The number of piperidine rings is 1.